The van der Waals surface area contributed by atoms with Crippen LogP contribution < -0.4 is 26.6 Å². The maximum absolute atomic E-state index is 15.0. The summed E-state index contributed by atoms with van der Waals surface area (Å²) in [5.41, 5.74) is 0. The van der Waals surface area contributed by atoms with Crippen LogP contribution in [-0.2, 0) is 52.7 Å². The second kappa shape index (κ2) is 35.5. The molecule has 0 aliphatic carbocycles. The van der Waals surface area contributed by atoms with Crippen molar-refractivity contribution in [3.8, 4) is 0 Å². The summed E-state index contributed by atoms with van der Waals surface area (Å²) in [6.07, 6.45) is 2.10. The minimum atomic E-state index is -3.00. The number of likely N-dealkylation sites (tertiary alicyclic amines) is 1. The van der Waals surface area contributed by atoms with Crippen LogP contribution >= 0.6 is 0 Å². The molecule has 0 radical (unpaired) electrons. The zero-order valence-electron chi connectivity index (χ0n) is 57.9. The van der Waals surface area contributed by atoms with Gasteiger partial charge in [-0.1, -0.05) is 102 Å². The first-order chi connectivity index (χ1) is 41.6. The highest BCUT2D eigenvalue weighted by molar-refractivity contribution is 5.99. The number of alkyl halides is 2. The van der Waals surface area contributed by atoms with Gasteiger partial charge >= 0.3 is 0 Å². The lowest BCUT2D eigenvalue weighted by atomic mass is 9.92. The molecule has 2 aliphatic rings. The molecule has 514 valence electrons. The molecule has 2 heterocycles. The van der Waals surface area contributed by atoms with E-state index in [4.69, 9.17) is 0 Å². The van der Waals surface area contributed by atoms with Gasteiger partial charge in [0.1, 0.15) is 60.4 Å². The van der Waals surface area contributed by atoms with Crippen molar-refractivity contribution in [2.45, 2.75) is 222 Å². The number of halogens is 2. The maximum atomic E-state index is 15.0. The minimum absolute atomic E-state index is 0.000318. The molecule has 0 aromatic carbocycles. The Morgan fingerprint density at radius 1 is 0.544 bits per heavy atom. The predicted octanol–water partition coefficient (Wildman–Crippen LogP) is 2.86. The number of carbonyl (C=O) groups is 11. The van der Waals surface area contributed by atoms with Crippen molar-refractivity contribution in [3.05, 3.63) is 12.2 Å². The van der Waals surface area contributed by atoms with E-state index >= 15 is 4.79 Å². The van der Waals surface area contributed by atoms with E-state index in [-0.39, 0.29) is 62.9 Å². The third-order valence-electron chi connectivity index (χ3n) is 17.2. The molecule has 2 fully saturated rings. The number of hydrogen-bond acceptors (Lipinski definition) is 13. The molecule has 13 atom stereocenters. The van der Waals surface area contributed by atoms with E-state index in [2.05, 4.69) is 26.6 Å². The summed E-state index contributed by atoms with van der Waals surface area (Å²) < 4.78 is 29.2. The van der Waals surface area contributed by atoms with Gasteiger partial charge in [0, 0.05) is 61.8 Å². The first kappa shape index (κ1) is 79.8. The zero-order chi connectivity index (χ0) is 69.3. The zero-order valence-corrected chi connectivity index (χ0v) is 57.9. The van der Waals surface area contributed by atoms with Gasteiger partial charge in [0.25, 0.3) is 5.92 Å². The Balaban J connectivity index is 2.98. The van der Waals surface area contributed by atoms with Crippen LogP contribution in [0.2, 0.25) is 0 Å². The molecular weight excluding hydrogens is 1170 g/mol. The van der Waals surface area contributed by atoms with Crippen molar-refractivity contribution in [2.24, 2.45) is 41.4 Å². The Morgan fingerprint density at radius 2 is 1.02 bits per heavy atom. The number of nitrogens with zero attached hydrogens (tertiary/aromatic N) is 7. The lowest BCUT2D eigenvalue weighted by Gasteiger charge is -2.40. The van der Waals surface area contributed by atoms with Crippen LogP contribution in [0.25, 0.3) is 0 Å². The summed E-state index contributed by atoms with van der Waals surface area (Å²) in [6, 6.07) is -13.2. The maximum Gasteiger partial charge on any atom is 0.261 e. The Bertz CT molecular complexity index is 2520. The van der Waals surface area contributed by atoms with Gasteiger partial charge in [0.05, 0.1) is 19.2 Å². The second-order valence-electron chi connectivity index (χ2n) is 27.3. The van der Waals surface area contributed by atoms with Crippen molar-refractivity contribution in [3.63, 3.8) is 0 Å². The number of allylic oxidation sites excluding steroid dienone is 2. The summed E-state index contributed by atoms with van der Waals surface area (Å²) in [4.78, 5) is 169. The minimum Gasteiger partial charge on any atom is -0.390 e. The number of rotatable bonds is 16. The molecule has 26 heteroatoms. The molecule has 2 aliphatic heterocycles. The number of hydrogen-bond donors (Lipinski definition) is 6. The van der Waals surface area contributed by atoms with Gasteiger partial charge in [-0.15, -0.1) is 0 Å². The van der Waals surface area contributed by atoms with E-state index in [0.717, 1.165) is 9.80 Å². The van der Waals surface area contributed by atoms with Crippen LogP contribution in [0.4, 0.5) is 8.78 Å². The number of likely N-dealkylation sites (N-methyl/N-ethyl adjacent to an activating group) is 6. The van der Waals surface area contributed by atoms with Gasteiger partial charge in [-0.05, 0) is 94.3 Å². The second-order valence-corrected chi connectivity index (χ2v) is 27.3. The first-order valence-electron chi connectivity index (χ1n) is 32.1. The number of nitrogens with one attached hydrogen (secondary N) is 5. The Morgan fingerprint density at radius 3 is 1.50 bits per heavy atom. The molecule has 0 aromatic rings. The fraction of sp³-hybridized carbons (Fsp3) is 0.797. The molecule has 6 N–H and O–H groups in total. The fourth-order valence-electron chi connectivity index (χ4n) is 11.7. The highest BCUT2D eigenvalue weighted by atomic mass is 19.3. The molecule has 0 saturated carbocycles. The number of carbonyl (C=O) groups excluding carboxylic acids is 11. The monoisotopic (exact) mass is 1280 g/mol. The van der Waals surface area contributed by atoms with Gasteiger partial charge in [-0.2, -0.15) is 0 Å². The molecule has 11 amide bonds. The third kappa shape index (κ3) is 22.2. The Hall–Kier alpha value is -6.31. The summed E-state index contributed by atoms with van der Waals surface area (Å²) in [7, 11) is 8.25. The SMILES string of the molecule is C/C=C/C[C@@H](C)[C@@H](O)[C@@H]1NC(=O)[C@H](C(C)C)N(C)C(=O)[C@H](CC(C)C)N(C)C(=O)[C@H](CC(C)C)N(C)C(=O)[C@@H](C)NC(=O)[C@H](C)NC(=O)[C@H](CC(C)C)N(C)C(=O)[C@H](C(C)C)NC(=O)[C@H]([C@H](C)CN2CCC(F)(F)C2)N(C)C(=O)CN(C)C(=O)[C@H](CC)NC1=O. The number of aliphatic hydroxyl groups excluding tert-OH is 1. The van der Waals surface area contributed by atoms with Crippen LogP contribution in [0.1, 0.15) is 149 Å². The van der Waals surface area contributed by atoms with Crippen LogP contribution in [0.5, 0.6) is 0 Å². The highest BCUT2D eigenvalue weighted by Crippen LogP contribution is 2.29. The van der Waals surface area contributed by atoms with E-state index in [1.807, 2.05) is 41.5 Å². The van der Waals surface area contributed by atoms with Crippen LogP contribution in [0, 0.1) is 41.4 Å². The van der Waals surface area contributed by atoms with Crippen LogP contribution in [-0.4, -0.2) is 245 Å². The van der Waals surface area contributed by atoms with E-state index in [0.29, 0.717) is 0 Å². The third-order valence-corrected chi connectivity index (χ3v) is 17.2. The van der Waals surface area contributed by atoms with E-state index in [1.54, 1.807) is 67.5 Å². The lowest BCUT2D eigenvalue weighted by Crippen LogP contribution is -2.63. The van der Waals surface area contributed by atoms with Gasteiger partial charge in [-0.25, -0.2) is 8.78 Å². The summed E-state index contributed by atoms with van der Waals surface area (Å²) in [6.45, 7) is 25.9. The van der Waals surface area contributed by atoms with Gasteiger partial charge in [0.2, 0.25) is 65.0 Å². The molecule has 90 heavy (non-hydrogen) atoms. The van der Waals surface area contributed by atoms with E-state index in [1.165, 1.54) is 80.6 Å². The molecular formula is C64H112F2N12O12. The van der Waals surface area contributed by atoms with Crippen molar-refractivity contribution < 1.29 is 66.6 Å². The summed E-state index contributed by atoms with van der Waals surface area (Å²) >= 11 is 0. The van der Waals surface area contributed by atoms with Crippen molar-refractivity contribution in [1.29, 1.82) is 0 Å². The molecule has 0 aromatic heterocycles. The van der Waals surface area contributed by atoms with Crippen molar-refractivity contribution in [1.82, 2.24) is 60.9 Å². The largest absolute Gasteiger partial charge is 0.390 e. The fourth-order valence-corrected chi connectivity index (χ4v) is 11.7. The molecule has 0 bridgehead atoms. The predicted molar refractivity (Wildman–Crippen MR) is 340 cm³/mol. The van der Waals surface area contributed by atoms with Crippen molar-refractivity contribution in [2.75, 3.05) is 68.5 Å². The normalized spacial score (nSPS) is 28.0. The summed E-state index contributed by atoms with van der Waals surface area (Å²) in [5.74, 6) is -14.6. The average Bonchev–Trinajstić information content (AvgIpc) is 1.08. The number of aliphatic hydroxyl groups is 1. The molecule has 2 rings (SSSR count). The molecule has 0 spiro atoms. The highest BCUT2D eigenvalue weighted by Gasteiger charge is 2.46. The van der Waals surface area contributed by atoms with Gasteiger partial charge < -0.3 is 61.1 Å². The van der Waals surface area contributed by atoms with Gasteiger partial charge in [-0.3, -0.25) is 57.6 Å². The Kier molecular flexibility index (Phi) is 31.5. The standard InChI is InChI=1S/C64H112F2N12O12/c1-23-25-26-40(13)53(80)50-56(83)69-44(24-2)60(87)72(17)33-48(79)76(21)52(41(14)32-78-28-27-64(65,66)34-78)58(85)70-49(38(9)10)63(90)73(18)45(29-35(3)4)55(82)67-42(15)54(81)68-43(16)59(86)74(19)46(30-36(5)6)61(88)75(20)47(31-37(7)8)62(89)77(22)51(39(11)12)57(84)71-50/h23,25,35-47,49-53,80H,24,26-34H2,1-22H3,(H,67,82)(H,68,81)(H,69,83)(H,70,85)(H,71,84)/b25-23+/t40-,41-,42+,43-,44+,45+,46+,47+,49+,50+,51+,52+,53-/m1/s1. The van der Waals surface area contributed by atoms with E-state index in [9.17, 15) is 61.8 Å². The summed E-state index contributed by atoms with van der Waals surface area (Å²) in [5, 5.41) is 25.4. The van der Waals surface area contributed by atoms with Crippen LogP contribution in [0.15, 0.2) is 12.2 Å². The molecule has 0 unspecified atom stereocenters. The average molecular weight is 1280 g/mol. The number of amides is 11. The topological polar surface area (TPSA) is 291 Å². The Labute approximate surface area is 534 Å². The smallest absolute Gasteiger partial charge is 0.261 e. The van der Waals surface area contributed by atoms with Crippen molar-refractivity contribution >= 4 is 65.0 Å². The van der Waals surface area contributed by atoms with Gasteiger partial charge in [0.15, 0.2) is 0 Å². The molecule has 24 nitrogen and oxygen atoms in total. The van der Waals surface area contributed by atoms with Crippen LogP contribution in [0.3, 0.4) is 0 Å². The first-order valence-corrected chi connectivity index (χ1v) is 32.1. The van der Waals surface area contributed by atoms with E-state index < -0.39 is 181 Å². The molecule has 2 saturated heterocycles. The quantitative estimate of drug-likeness (QED) is 0.121. The lowest BCUT2D eigenvalue weighted by molar-refractivity contribution is -0.154.